The summed E-state index contributed by atoms with van der Waals surface area (Å²) in [7, 11) is 0. The lowest BCUT2D eigenvalue weighted by Crippen LogP contribution is -2.41. The van der Waals surface area contributed by atoms with Crippen molar-refractivity contribution in [1.29, 1.82) is 0 Å². The fraction of sp³-hybridized carbons (Fsp3) is 0.667. The van der Waals surface area contributed by atoms with Gasteiger partial charge in [-0.05, 0) is 18.8 Å². The number of anilines is 1. The number of nitrogens with one attached hydrogen (secondary N) is 1. The molecule has 3 N–H and O–H groups in total. The average Bonchev–Trinajstić information content (AvgIpc) is 2.49. The third kappa shape index (κ3) is 1.83. The summed E-state index contributed by atoms with van der Waals surface area (Å²) in [5.41, 5.74) is 5.35. The number of hydrogen-bond donors (Lipinski definition) is 2. The van der Waals surface area contributed by atoms with E-state index in [-0.39, 0.29) is 6.01 Å². The van der Waals surface area contributed by atoms with Crippen LogP contribution in [0.25, 0.3) is 0 Å². The Kier molecular flexibility index (Phi) is 2.22. The van der Waals surface area contributed by atoms with Crippen molar-refractivity contribution in [2.24, 2.45) is 5.92 Å². The number of nitrogen functional groups attached to an aromatic ring is 1. The van der Waals surface area contributed by atoms with E-state index in [1.54, 1.807) is 6.20 Å². The summed E-state index contributed by atoms with van der Waals surface area (Å²) >= 11 is 0. The van der Waals surface area contributed by atoms with Crippen LogP contribution in [0.1, 0.15) is 25.5 Å². The van der Waals surface area contributed by atoms with Gasteiger partial charge in [0.25, 0.3) is 6.01 Å². The van der Waals surface area contributed by atoms with Gasteiger partial charge in [-0.2, -0.15) is 0 Å². The predicted octanol–water partition coefficient (Wildman–Crippen LogP) is 1.14. The summed E-state index contributed by atoms with van der Waals surface area (Å²) in [5, 5.41) is 3.41. The lowest BCUT2D eigenvalue weighted by molar-refractivity contribution is 0.224. The van der Waals surface area contributed by atoms with Gasteiger partial charge < -0.3 is 15.5 Å². The van der Waals surface area contributed by atoms with Crippen molar-refractivity contribution in [3.05, 3.63) is 12.0 Å². The summed E-state index contributed by atoms with van der Waals surface area (Å²) in [6.07, 6.45) is 4.27. The van der Waals surface area contributed by atoms with E-state index in [0.29, 0.717) is 6.04 Å². The van der Waals surface area contributed by atoms with Crippen molar-refractivity contribution in [3.63, 3.8) is 0 Å². The molecule has 1 aliphatic rings. The maximum Gasteiger partial charge on any atom is 0.292 e. The molecule has 2 rings (SSSR count). The standard InChI is InChI=1S/C9H15N3O/c1-6-2-3-8(6)11-4-7-5-12-9(10)13-7/h5-6,8,11H,2-4H2,1H3,(H2,10,12). The van der Waals surface area contributed by atoms with Gasteiger partial charge in [0, 0.05) is 6.04 Å². The minimum atomic E-state index is 0.249. The molecule has 0 bridgehead atoms. The number of oxazole rings is 1. The molecule has 1 saturated carbocycles. The van der Waals surface area contributed by atoms with Crippen LogP contribution in [0.5, 0.6) is 0 Å². The molecule has 0 saturated heterocycles. The fourth-order valence-corrected chi connectivity index (χ4v) is 1.61. The third-order valence-electron chi connectivity index (χ3n) is 2.73. The molecule has 1 aromatic rings. The van der Waals surface area contributed by atoms with Crippen LogP contribution in [0, 0.1) is 5.92 Å². The quantitative estimate of drug-likeness (QED) is 0.734. The summed E-state index contributed by atoms with van der Waals surface area (Å²) in [6.45, 7) is 3.00. The van der Waals surface area contributed by atoms with E-state index in [2.05, 4.69) is 17.2 Å². The molecule has 0 radical (unpaired) electrons. The maximum absolute atomic E-state index is 5.35. The Morgan fingerprint density at radius 2 is 2.54 bits per heavy atom. The Morgan fingerprint density at radius 3 is 3.00 bits per heavy atom. The van der Waals surface area contributed by atoms with E-state index in [1.165, 1.54) is 12.8 Å². The molecule has 4 heteroatoms. The van der Waals surface area contributed by atoms with Crippen molar-refractivity contribution in [3.8, 4) is 0 Å². The molecule has 0 aliphatic heterocycles. The molecule has 0 aromatic carbocycles. The molecule has 1 aromatic heterocycles. The first kappa shape index (κ1) is 8.56. The molecule has 0 spiro atoms. The second kappa shape index (κ2) is 3.38. The van der Waals surface area contributed by atoms with E-state index in [9.17, 15) is 0 Å². The molecule has 2 atom stereocenters. The van der Waals surface area contributed by atoms with Gasteiger partial charge in [-0.1, -0.05) is 6.92 Å². The first-order valence-corrected chi connectivity index (χ1v) is 4.69. The summed E-state index contributed by atoms with van der Waals surface area (Å²) in [4.78, 5) is 3.83. The number of hydrogen-bond acceptors (Lipinski definition) is 4. The highest BCUT2D eigenvalue weighted by atomic mass is 16.4. The van der Waals surface area contributed by atoms with Crippen molar-refractivity contribution < 1.29 is 4.42 Å². The highest BCUT2D eigenvalue weighted by Crippen LogP contribution is 2.26. The second-order valence-electron chi connectivity index (χ2n) is 3.71. The van der Waals surface area contributed by atoms with Crippen LogP contribution in [0.3, 0.4) is 0 Å². The van der Waals surface area contributed by atoms with E-state index in [4.69, 9.17) is 10.2 Å². The largest absolute Gasteiger partial charge is 0.428 e. The van der Waals surface area contributed by atoms with Crippen LogP contribution in [0.4, 0.5) is 6.01 Å². The predicted molar refractivity (Wildman–Crippen MR) is 49.9 cm³/mol. The number of rotatable bonds is 3. The number of aromatic nitrogens is 1. The van der Waals surface area contributed by atoms with Gasteiger partial charge in [0.05, 0.1) is 12.7 Å². The molecule has 13 heavy (non-hydrogen) atoms. The molecular weight excluding hydrogens is 166 g/mol. The molecule has 4 nitrogen and oxygen atoms in total. The zero-order valence-electron chi connectivity index (χ0n) is 7.79. The molecule has 0 amide bonds. The van der Waals surface area contributed by atoms with Gasteiger partial charge in [-0.15, -0.1) is 0 Å². The van der Waals surface area contributed by atoms with E-state index in [1.807, 2.05) is 0 Å². The lowest BCUT2D eigenvalue weighted by atomic mass is 9.81. The van der Waals surface area contributed by atoms with Gasteiger partial charge in [0.15, 0.2) is 0 Å². The number of nitrogens with zero attached hydrogens (tertiary/aromatic N) is 1. The second-order valence-corrected chi connectivity index (χ2v) is 3.71. The van der Waals surface area contributed by atoms with Crippen LogP contribution in [-0.4, -0.2) is 11.0 Å². The van der Waals surface area contributed by atoms with Crippen LogP contribution in [0.15, 0.2) is 10.6 Å². The highest BCUT2D eigenvalue weighted by molar-refractivity contribution is 5.10. The topological polar surface area (TPSA) is 64.1 Å². The Hall–Kier alpha value is -1.03. The van der Waals surface area contributed by atoms with Crippen LogP contribution in [-0.2, 0) is 6.54 Å². The molecule has 1 aliphatic carbocycles. The zero-order chi connectivity index (χ0) is 9.26. The first-order chi connectivity index (χ1) is 6.25. The molecular formula is C9H15N3O. The van der Waals surface area contributed by atoms with Crippen LogP contribution >= 0.6 is 0 Å². The molecule has 1 fully saturated rings. The van der Waals surface area contributed by atoms with Crippen molar-refractivity contribution in [1.82, 2.24) is 10.3 Å². The van der Waals surface area contributed by atoms with Crippen molar-refractivity contribution in [2.45, 2.75) is 32.4 Å². The van der Waals surface area contributed by atoms with E-state index >= 15 is 0 Å². The minimum absolute atomic E-state index is 0.249. The minimum Gasteiger partial charge on any atom is -0.428 e. The summed E-state index contributed by atoms with van der Waals surface area (Å²) < 4.78 is 5.14. The van der Waals surface area contributed by atoms with E-state index in [0.717, 1.165) is 18.2 Å². The Bertz CT molecular complexity index is 284. The Labute approximate surface area is 77.5 Å². The van der Waals surface area contributed by atoms with Gasteiger partial charge in [-0.25, -0.2) is 4.98 Å². The Balaban J connectivity index is 1.79. The van der Waals surface area contributed by atoms with E-state index < -0.39 is 0 Å². The van der Waals surface area contributed by atoms with Gasteiger partial charge in [0.2, 0.25) is 0 Å². The van der Waals surface area contributed by atoms with Crippen LogP contribution < -0.4 is 11.1 Å². The van der Waals surface area contributed by atoms with Crippen molar-refractivity contribution >= 4 is 6.01 Å². The smallest absolute Gasteiger partial charge is 0.292 e. The molecule has 1 heterocycles. The zero-order valence-corrected chi connectivity index (χ0v) is 7.79. The van der Waals surface area contributed by atoms with Gasteiger partial charge >= 0.3 is 0 Å². The normalized spacial score (nSPS) is 27.2. The summed E-state index contributed by atoms with van der Waals surface area (Å²) in [5.74, 6) is 1.61. The van der Waals surface area contributed by atoms with Crippen LogP contribution in [0.2, 0.25) is 0 Å². The maximum atomic E-state index is 5.35. The van der Waals surface area contributed by atoms with Gasteiger partial charge in [0.1, 0.15) is 5.76 Å². The fourth-order valence-electron chi connectivity index (χ4n) is 1.61. The Morgan fingerprint density at radius 1 is 1.69 bits per heavy atom. The summed E-state index contributed by atoms with van der Waals surface area (Å²) in [6, 6.07) is 0.893. The highest BCUT2D eigenvalue weighted by Gasteiger charge is 2.25. The lowest BCUT2D eigenvalue weighted by Gasteiger charge is -2.34. The number of nitrogens with two attached hydrogens (primary N) is 1. The van der Waals surface area contributed by atoms with Gasteiger partial charge in [-0.3, -0.25) is 0 Å². The van der Waals surface area contributed by atoms with Crippen molar-refractivity contribution in [2.75, 3.05) is 5.73 Å². The molecule has 72 valence electrons. The monoisotopic (exact) mass is 181 g/mol. The first-order valence-electron chi connectivity index (χ1n) is 4.69. The average molecular weight is 181 g/mol. The molecule has 2 unspecified atom stereocenters. The SMILES string of the molecule is CC1CCC1NCc1cnc(N)o1. The third-order valence-corrected chi connectivity index (χ3v) is 2.73.